The first kappa shape index (κ1) is 9.30. The molecule has 0 saturated carbocycles. The molecule has 0 aliphatic rings. The minimum Gasteiger partial charge on any atom is -0.302 e. The monoisotopic (exact) mass is 210 g/mol. The van der Waals surface area contributed by atoms with Gasteiger partial charge in [0.2, 0.25) is 0 Å². The molecule has 4 heteroatoms. The maximum atomic E-state index is 13.4. The van der Waals surface area contributed by atoms with E-state index in [-0.39, 0.29) is 4.90 Å². The Morgan fingerprint density at radius 3 is 2.64 bits per heavy atom. The Morgan fingerprint density at radius 1 is 1.21 bits per heavy atom. The van der Waals surface area contributed by atoms with Crippen LogP contribution in [-0.2, 0) is 11.1 Å². The summed E-state index contributed by atoms with van der Waals surface area (Å²) < 4.78 is 32.9. The van der Waals surface area contributed by atoms with Crippen LogP contribution >= 0.6 is 0 Å². The number of halogens is 1. The van der Waals surface area contributed by atoms with Crippen LogP contribution in [0.3, 0.4) is 0 Å². The zero-order valence-corrected chi connectivity index (χ0v) is 7.92. The topological polar surface area (TPSA) is 37.3 Å². The van der Waals surface area contributed by atoms with Crippen LogP contribution in [0.1, 0.15) is 0 Å². The van der Waals surface area contributed by atoms with Crippen molar-refractivity contribution in [1.29, 1.82) is 0 Å². The van der Waals surface area contributed by atoms with Crippen molar-refractivity contribution in [2.75, 3.05) is 0 Å². The van der Waals surface area contributed by atoms with E-state index in [9.17, 15) is 8.60 Å². The van der Waals surface area contributed by atoms with Gasteiger partial charge in [-0.25, -0.2) is 8.60 Å². The molecule has 0 aliphatic heterocycles. The minimum absolute atomic E-state index is 0.0844. The standard InChI is InChI=1S/C10H7FO2S/c11-10-6-8(14(12)13)5-7-3-1-2-4-9(7)10/h1-6H,(H,12,13). The highest BCUT2D eigenvalue weighted by molar-refractivity contribution is 7.79. The zero-order valence-electron chi connectivity index (χ0n) is 7.11. The smallest absolute Gasteiger partial charge is 0.186 e. The third kappa shape index (κ3) is 1.54. The summed E-state index contributed by atoms with van der Waals surface area (Å²) in [6.07, 6.45) is 0. The molecule has 0 heterocycles. The van der Waals surface area contributed by atoms with E-state index in [4.69, 9.17) is 4.55 Å². The summed E-state index contributed by atoms with van der Waals surface area (Å²) in [6.45, 7) is 0. The largest absolute Gasteiger partial charge is 0.302 e. The molecule has 1 unspecified atom stereocenters. The molecule has 0 aromatic heterocycles. The van der Waals surface area contributed by atoms with Gasteiger partial charge in [0, 0.05) is 5.39 Å². The highest BCUT2D eigenvalue weighted by Gasteiger charge is 2.06. The highest BCUT2D eigenvalue weighted by atomic mass is 32.2. The Balaban J connectivity index is 2.78. The molecule has 1 atom stereocenters. The van der Waals surface area contributed by atoms with Gasteiger partial charge in [-0.1, -0.05) is 24.3 Å². The molecule has 0 spiro atoms. The van der Waals surface area contributed by atoms with Crippen molar-refractivity contribution in [3.8, 4) is 0 Å². The highest BCUT2D eigenvalue weighted by Crippen LogP contribution is 2.20. The first-order valence-electron chi connectivity index (χ1n) is 3.97. The maximum Gasteiger partial charge on any atom is 0.186 e. The quantitative estimate of drug-likeness (QED) is 0.734. The average molecular weight is 210 g/mol. The van der Waals surface area contributed by atoms with Crippen LogP contribution in [-0.4, -0.2) is 8.76 Å². The molecule has 0 amide bonds. The van der Waals surface area contributed by atoms with Crippen molar-refractivity contribution in [3.05, 3.63) is 42.2 Å². The van der Waals surface area contributed by atoms with E-state index >= 15 is 0 Å². The molecule has 0 bridgehead atoms. The van der Waals surface area contributed by atoms with Crippen LogP contribution in [0.15, 0.2) is 41.3 Å². The van der Waals surface area contributed by atoms with Gasteiger partial charge in [-0.3, -0.25) is 0 Å². The first-order valence-corrected chi connectivity index (χ1v) is 5.08. The molecule has 2 rings (SSSR count). The summed E-state index contributed by atoms with van der Waals surface area (Å²) >= 11 is -2.14. The molecular weight excluding hydrogens is 203 g/mol. The lowest BCUT2D eigenvalue weighted by Crippen LogP contribution is -1.90. The van der Waals surface area contributed by atoms with E-state index in [1.54, 1.807) is 24.3 Å². The SMILES string of the molecule is O=S(O)c1cc(F)c2ccccc2c1. The van der Waals surface area contributed by atoms with E-state index < -0.39 is 16.9 Å². The van der Waals surface area contributed by atoms with Crippen LogP contribution in [0.25, 0.3) is 10.8 Å². The predicted molar refractivity (Wildman–Crippen MR) is 52.9 cm³/mol. The van der Waals surface area contributed by atoms with Gasteiger partial charge in [0.25, 0.3) is 0 Å². The summed E-state index contributed by atoms with van der Waals surface area (Å²) in [7, 11) is 0. The Labute approximate surface area is 82.7 Å². The Bertz CT molecular complexity index is 510. The maximum absolute atomic E-state index is 13.4. The van der Waals surface area contributed by atoms with Crippen LogP contribution < -0.4 is 0 Å². The second-order valence-electron chi connectivity index (χ2n) is 2.88. The van der Waals surface area contributed by atoms with E-state index in [0.717, 1.165) is 6.07 Å². The summed E-state index contributed by atoms with van der Waals surface area (Å²) in [6, 6.07) is 9.41. The van der Waals surface area contributed by atoms with Crippen LogP contribution in [0.2, 0.25) is 0 Å². The lowest BCUT2D eigenvalue weighted by molar-refractivity contribution is 0.562. The van der Waals surface area contributed by atoms with E-state index in [1.807, 2.05) is 0 Å². The van der Waals surface area contributed by atoms with Crippen molar-refractivity contribution in [2.24, 2.45) is 0 Å². The second kappa shape index (κ2) is 3.48. The van der Waals surface area contributed by atoms with Crippen LogP contribution in [0.5, 0.6) is 0 Å². The molecule has 2 aromatic rings. The molecule has 14 heavy (non-hydrogen) atoms. The predicted octanol–water partition coefficient (Wildman–Crippen LogP) is 2.56. The van der Waals surface area contributed by atoms with Crippen LogP contribution in [0, 0.1) is 5.82 Å². The second-order valence-corrected chi connectivity index (χ2v) is 3.85. The van der Waals surface area contributed by atoms with Crippen molar-refractivity contribution in [3.63, 3.8) is 0 Å². The molecule has 0 radical (unpaired) electrons. The molecule has 1 N–H and O–H groups in total. The van der Waals surface area contributed by atoms with E-state index in [0.29, 0.717) is 10.8 Å². The number of hydrogen-bond donors (Lipinski definition) is 1. The minimum atomic E-state index is -2.14. The molecule has 72 valence electrons. The van der Waals surface area contributed by atoms with E-state index in [1.165, 1.54) is 6.07 Å². The first-order chi connectivity index (χ1) is 6.68. The third-order valence-corrected chi connectivity index (χ3v) is 2.63. The fourth-order valence-corrected chi connectivity index (χ4v) is 1.77. The number of hydrogen-bond acceptors (Lipinski definition) is 1. The summed E-state index contributed by atoms with van der Waals surface area (Å²) in [5.74, 6) is -0.472. The fraction of sp³-hybridized carbons (Fsp3) is 0. The summed E-state index contributed by atoms with van der Waals surface area (Å²) in [5, 5.41) is 1.09. The normalized spacial score (nSPS) is 13.0. The molecule has 0 aliphatic carbocycles. The Hall–Kier alpha value is -1.26. The molecule has 0 saturated heterocycles. The molecule has 2 aromatic carbocycles. The summed E-state index contributed by atoms with van der Waals surface area (Å²) in [5.41, 5.74) is 0. The molecular formula is C10H7FO2S. The van der Waals surface area contributed by atoms with Gasteiger partial charge < -0.3 is 4.55 Å². The molecule has 2 nitrogen and oxygen atoms in total. The van der Waals surface area contributed by atoms with Gasteiger partial charge in [0.15, 0.2) is 11.1 Å². The number of benzene rings is 2. The zero-order chi connectivity index (χ0) is 10.1. The molecule has 0 fully saturated rings. The van der Waals surface area contributed by atoms with Gasteiger partial charge in [-0.15, -0.1) is 0 Å². The third-order valence-electron chi connectivity index (χ3n) is 1.99. The van der Waals surface area contributed by atoms with Gasteiger partial charge in [-0.2, -0.15) is 0 Å². The number of fused-ring (bicyclic) bond motifs is 1. The number of rotatable bonds is 1. The van der Waals surface area contributed by atoms with Crippen molar-refractivity contribution < 1.29 is 13.2 Å². The van der Waals surface area contributed by atoms with Gasteiger partial charge >= 0.3 is 0 Å². The Morgan fingerprint density at radius 2 is 1.93 bits per heavy atom. The van der Waals surface area contributed by atoms with Crippen molar-refractivity contribution in [1.82, 2.24) is 0 Å². The van der Waals surface area contributed by atoms with Gasteiger partial charge in [0.05, 0.1) is 4.90 Å². The Kier molecular flexibility index (Phi) is 2.31. The van der Waals surface area contributed by atoms with Crippen molar-refractivity contribution in [2.45, 2.75) is 4.90 Å². The average Bonchev–Trinajstić information content (AvgIpc) is 2.17. The van der Waals surface area contributed by atoms with E-state index in [2.05, 4.69) is 0 Å². The lowest BCUT2D eigenvalue weighted by atomic mass is 10.1. The van der Waals surface area contributed by atoms with Gasteiger partial charge in [-0.05, 0) is 17.5 Å². The summed E-state index contributed by atoms with van der Waals surface area (Å²) in [4.78, 5) is 0.0844. The van der Waals surface area contributed by atoms with Gasteiger partial charge in [0.1, 0.15) is 5.82 Å². The lowest BCUT2D eigenvalue weighted by Gasteiger charge is -2.01. The van der Waals surface area contributed by atoms with Crippen LogP contribution in [0.4, 0.5) is 4.39 Å². The van der Waals surface area contributed by atoms with Crippen molar-refractivity contribution >= 4 is 21.9 Å². The fourth-order valence-electron chi connectivity index (χ4n) is 1.34.